The van der Waals surface area contributed by atoms with Crippen LogP contribution < -0.4 is 4.72 Å². The van der Waals surface area contributed by atoms with E-state index in [2.05, 4.69) is 0 Å². The van der Waals surface area contributed by atoms with E-state index in [0.717, 1.165) is 11.2 Å². The zero-order valence-corrected chi connectivity index (χ0v) is 12.0. The predicted molar refractivity (Wildman–Crippen MR) is 64.7 cm³/mol. The van der Waals surface area contributed by atoms with E-state index < -0.39 is 59.0 Å². The molecule has 122 valence electrons. The fourth-order valence-corrected chi connectivity index (χ4v) is 2.95. The second-order valence-electron chi connectivity index (χ2n) is 4.95. The van der Waals surface area contributed by atoms with Gasteiger partial charge in [-0.3, -0.25) is 9.59 Å². The number of nitrogens with zero attached hydrogens (tertiary/aromatic N) is 1. The number of sulfonamides is 1. The van der Waals surface area contributed by atoms with Crippen molar-refractivity contribution in [2.75, 3.05) is 19.3 Å². The Morgan fingerprint density at radius 2 is 1.86 bits per heavy atom. The van der Waals surface area contributed by atoms with E-state index in [1.807, 2.05) is 4.72 Å². The Hall–Kier alpha value is -1.36. The Morgan fingerprint density at radius 1 is 1.33 bits per heavy atom. The van der Waals surface area contributed by atoms with Gasteiger partial charge in [-0.2, -0.15) is 13.2 Å². The summed E-state index contributed by atoms with van der Waals surface area (Å²) >= 11 is 0. The number of carboxylic acids is 1. The maximum Gasteiger partial charge on any atom is 0.394 e. The molecule has 1 rings (SSSR count). The van der Waals surface area contributed by atoms with E-state index in [1.54, 1.807) is 0 Å². The van der Waals surface area contributed by atoms with Crippen LogP contribution in [0.1, 0.15) is 6.92 Å². The number of alkyl halides is 3. The summed E-state index contributed by atoms with van der Waals surface area (Å²) in [5, 5.41) is 8.82. The first-order chi connectivity index (χ1) is 9.33. The number of hydrogen-bond acceptors (Lipinski definition) is 4. The SMILES string of the molecule is CC(NS(C)(=O)=O)C(=O)N1C[C@@H](C(F)(F)F)[C@H](C(=O)O)C1. The Morgan fingerprint density at radius 3 is 2.19 bits per heavy atom. The van der Waals surface area contributed by atoms with Crippen LogP contribution in [0.25, 0.3) is 0 Å². The highest BCUT2D eigenvalue weighted by Gasteiger charge is 2.53. The topological polar surface area (TPSA) is 104 Å². The monoisotopic (exact) mass is 332 g/mol. The van der Waals surface area contributed by atoms with Crippen molar-refractivity contribution in [2.24, 2.45) is 11.8 Å². The minimum Gasteiger partial charge on any atom is -0.481 e. The lowest BCUT2D eigenvalue weighted by atomic mass is 9.96. The summed E-state index contributed by atoms with van der Waals surface area (Å²) in [6.45, 7) is -0.219. The minimum atomic E-state index is -4.74. The number of aliphatic carboxylic acids is 1. The summed E-state index contributed by atoms with van der Waals surface area (Å²) in [5.41, 5.74) is 0. The summed E-state index contributed by atoms with van der Waals surface area (Å²) in [5.74, 6) is -6.45. The van der Waals surface area contributed by atoms with Crippen LogP contribution in [0.15, 0.2) is 0 Å². The number of halogens is 3. The Balaban J connectivity index is 2.87. The van der Waals surface area contributed by atoms with Gasteiger partial charge in [-0.25, -0.2) is 13.1 Å². The van der Waals surface area contributed by atoms with Crippen molar-refractivity contribution in [2.45, 2.75) is 19.1 Å². The van der Waals surface area contributed by atoms with Crippen molar-refractivity contribution < 1.29 is 36.3 Å². The lowest BCUT2D eigenvalue weighted by molar-refractivity contribution is -0.188. The molecule has 0 radical (unpaired) electrons. The van der Waals surface area contributed by atoms with E-state index in [4.69, 9.17) is 5.11 Å². The predicted octanol–water partition coefficient (Wildman–Crippen LogP) is -0.354. The van der Waals surface area contributed by atoms with Crippen LogP contribution in [-0.2, 0) is 19.6 Å². The third-order valence-electron chi connectivity index (χ3n) is 3.13. The van der Waals surface area contributed by atoms with Crippen LogP contribution >= 0.6 is 0 Å². The summed E-state index contributed by atoms with van der Waals surface area (Å²) in [6.07, 6.45) is -3.94. The van der Waals surface area contributed by atoms with E-state index in [0.29, 0.717) is 0 Å². The second-order valence-corrected chi connectivity index (χ2v) is 6.73. The van der Waals surface area contributed by atoms with Crippen molar-refractivity contribution in [3.8, 4) is 0 Å². The molecule has 3 atom stereocenters. The third-order valence-corrected chi connectivity index (χ3v) is 3.91. The van der Waals surface area contributed by atoms with Crippen molar-refractivity contribution in [3.05, 3.63) is 0 Å². The number of rotatable bonds is 4. The molecule has 1 aliphatic heterocycles. The fraction of sp³-hybridized carbons (Fsp3) is 0.800. The molecule has 1 unspecified atom stereocenters. The van der Waals surface area contributed by atoms with Gasteiger partial charge in [0.1, 0.15) is 0 Å². The molecule has 1 fully saturated rings. The third kappa shape index (κ3) is 4.56. The molecule has 0 aliphatic carbocycles. The Kier molecular flexibility index (Phi) is 4.88. The number of likely N-dealkylation sites (tertiary alicyclic amines) is 1. The highest BCUT2D eigenvalue weighted by Crippen LogP contribution is 2.37. The number of hydrogen-bond donors (Lipinski definition) is 2. The fourth-order valence-electron chi connectivity index (χ4n) is 2.21. The molecule has 7 nitrogen and oxygen atoms in total. The van der Waals surface area contributed by atoms with Crippen LogP contribution in [0, 0.1) is 11.8 Å². The number of nitrogens with one attached hydrogen (secondary N) is 1. The van der Waals surface area contributed by atoms with Gasteiger partial charge >= 0.3 is 12.1 Å². The number of carbonyl (C=O) groups is 2. The van der Waals surface area contributed by atoms with Gasteiger partial charge in [0.25, 0.3) is 0 Å². The minimum absolute atomic E-state index is 0.603. The molecule has 0 aromatic carbocycles. The average molecular weight is 332 g/mol. The molecule has 1 heterocycles. The molecule has 0 bridgehead atoms. The quantitative estimate of drug-likeness (QED) is 0.732. The second kappa shape index (κ2) is 5.79. The average Bonchev–Trinajstić information content (AvgIpc) is 2.69. The molecule has 1 saturated heterocycles. The van der Waals surface area contributed by atoms with Gasteiger partial charge in [-0.05, 0) is 6.92 Å². The van der Waals surface area contributed by atoms with Gasteiger partial charge in [-0.15, -0.1) is 0 Å². The van der Waals surface area contributed by atoms with Crippen molar-refractivity contribution >= 4 is 21.9 Å². The molecule has 1 amide bonds. The first-order valence-corrected chi connectivity index (χ1v) is 7.77. The number of carboxylic acid groups (broad SMARTS) is 1. The van der Waals surface area contributed by atoms with E-state index in [9.17, 15) is 31.2 Å². The molecule has 0 aromatic rings. The first kappa shape index (κ1) is 17.7. The first-order valence-electron chi connectivity index (χ1n) is 5.88. The van der Waals surface area contributed by atoms with Gasteiger partial charge in [0.05, 0.1) is 24.1 Å². The van der Waals surface area contributed by atoms with E-state index in [1.165, 1.54) is 6.92 Å². The molecule has 1 aliphatic rings. The molecule has 0 saturated carbocycles. The largest absolute Gasteiger partial charge is 0.481 e. The normalized spacial score (nSPS) is 24.9. The lowest BCUT2D eigenvalue weighted by Gasteiger charge is -2.21. The van der Waals surface area contributed by atoms with E-state index >= 15 is 0 Å². The summed E-state index contributed by atoms with van der Waals surface area (Å²) in [4.78, 5) is 23.5. The number of carbonyl (C=O) groups excluding carboxylic acids is 1. The zero-order valence-electron chi connectivity index (χ0n) is 11.2. The van der Waals surface area contributed by atoms with Gasteiger partial charge < -0.3 is 10.0 Å². The van der Waals surface area contributed by atoms with Crippen molar-refractivity contribution in [3.63, 3.8) is 0 Å². The summed E-state index contributed by atoms with van der Waals surface area (Å²) < 4.78 is 62.3. The molecular formula is C10H15F3N2O5S. The van der Waals surface area contributed by atoms with Crippen molar-refractivity contribution in [1.29, 1.82) is 0 Å². The molecule has 21 heavy (non-hydrogen) atoms. The van der Waals surface area contributed by atoms with Crippen LogP contribution in [-0.4, -0.2) is 61.9 Å². The van der Waals surface area contributed by atoms with Crippen LogP contribution in [0.5, 0.6) is 0 Å². The molecular weight excluding hydrogens is 317 g/mol. The standard InChI is InChI=1S/C10H15F3N2O5S/c1-5(14-21(2,19)20)8(16)15-3-6(9(17)18)7(4-15)10(11,12)13/h5-7,14H,3-4H2,1-2H3,(H,17,18)/t5?,6-,7-/m1/s1. The highest BCUT2D eigenvalue weighted by molar-refractivity contribution is 7.88. The highest BCUT2D eigenvalue weighted by atomic mass is 32.2. The van der Waals surface area contributed by atoms with Crippen LogP contribution in [0.2, 0.25) is 0 Å². The molecule has 0 aromatic heterocycles. The van der Waals surface area contributed by atoms with E-state index in [-0.39, 0.29) is 0 Å². The Labute approximate surface area is 119 Å². The lowest BCUT2D eigenvalue weighted by Crippen LogP contribution is -2.46. The van der Waals surface area contributed by atoms with Crippen molar-refractivity contribution in [1.82, 2.24) is 9.62 Å². The smallest absolute Gasteiger partial charge is 0.394 e. The number of amides is 1. The summed E-state index contributed by atoms with van der Waals surface area (Å²) in [7, 11) is -3.71. The zero-order chi connectivity index (χ0) is 16.6. The summed E-state index contributed by atoms with van der Waals surface area (Å²) in [6, 6.07) is -1.26. The van der Waals surface area contributed by atoms with Gasteiger partial charge in [0.2, 0.25) is 15.9 Å². The van der Waals surface area contributed by atoms with Crippen LogP contribution in [0.4, 0.5) is 13.2 Å². The molecule has 2 N–H and O–H groups in total. The molecule has 0 spiro atoms. The molecule has 11 heteroatoms. The van der Waals surface area contributed by atoms with Gasteiger partial charge in [0, 0.05) is 13.1 Å². The van der Waals surface area contributed by atoms with Crippen LogP contribution in [0.3, 0.4) is 0 Å². The maximum absolute atomic E-state index is 12.8. The van der Waals surface area contributed by atoms with Gasteiger partial charge in [0.15, 0.2) is 0 Å². The maximum atomic E-state index is 12.8. The van der Waals surface area contributed by atoms with Gasteiger partial charge in [-0.1, -0.05) is 0 Å². The Bertz CT molecular complexity index is 533.